The number of hydrogen-bond donors (Lipinski definition) is 3. The van der Waals surface area contributed by atoms with E-state index in [4.69, 9.17) is 9.84 Å². The first kappa shape index (κ1) is 16.4. The van der Waals surface area contributed by atoms with Crippen LogP contribution in [-0.2, 0) is 9.53 Å². The summed E-state index contributed by atoms with van der Waals surface area (Å²) in [6.45, 7) is 8.48. The summed E-state index contributed by atoms with van der Waals surface area (Å²) in [7, 11) is 1.60. The second-order valence-corrected chi connectivity index (χ2v) is 5.62. The first-order chi connectivity index (χ1) is 7.72. The summed E-state index contributed by atoms with van der Waals surface area (Å²) in [5.41, 5.74) is -0.605. The first-order valence-corrected chi connectivity index (χ1v) is 5.88. The van der Waals surface area contributed by atoms with Crippen LogP contribution < -0.4 is 10.6 Å². The van der Waals surface area contributed by atoms with Crippen molar-refractivity contribution in [2.24, 2.45) is 0 Å². The number of carbonyl (C=O) groups is 1. The van der Waals surface area contributed by atoms with E-state index in [0.29, 0.717) is 13.0 Å². The van der Waals surface area contributed by atoms with Crippen molar-refractivity contribution < 1.29 is 14.6 Å². The quantitative estimate of drug-likeness (QED) is 0.603. The molecule has 3 N–H and O–H groups in total. The molecule has 0 bridgehead atoms. The molecule has 0 aliphatic carbocycles. The minimum Gasteiger partial charge on any atom is -0.396 e. The van der Waals surface area contributed by atoms with Crippen LogP contribution in [0, 0.1) is 0 Å². The predicted octanol–water partition coefficient (Wildman–Crippen LogP) is 0.278. The Morgan fingerprint density at radius 2 is 1.88 bits per heavy atom. The molecular weight excluding hydrogens is 220 g/mol. The molecule has 0 saturated carbocycles. The molecule has 0 aromatic rings. The van der Waals surface area contributed by atoms with E-state index in [-0.39, 0.29) is 30.1 Å². The van der Waals surface area contributed by atoms with Gasteiger partial charge in [0.25, 0.3) is 0 Å². The molecule has 102 valence electrons. The highest BCUT2D eigenvalue weighted by Crippen LogP contribution is 2.09. The van der Waals surface area contributed by atoms with Gasteiger partial charge in [0, 0.05) is 24.8 Å². The molecule has 1 amide bonds. The van der Waals surface area contributed by atoms with Crippen molar-refractivity contribution in [2.75, 3.05) is 26.9 Å². The summed E-state index contributed by atoms with van der Waals surface area (Å²) in [5, 5.41) is 15.0. The highest BCUT2D eigenvalue weighted by molar-refractivity contribution is 5.78. The summed E-state index contributed by atoms with van der Waals surface area (Å²) < 4.78 is 5.09. The molecule has 0 aliphatic heterocycles. The number of carbonyl (C=O) groups excluding carboxylic acids is 1. The topological polar surface area (TPSA) is 70.6 Å². The third kappa shape index (κ3) is 8.12. The van der Waals surface area contributed by atoms with Crippen molar-refractivity contribution in [3.8, 4) is 0 Å². The Morgan fingerprint density at radius 3 is 2.29 bits per heavy atom. The lowest BCUT2D eigenvalue weighted by atomic mass is 9.99. The van der Waals surface area contributed by atoms with Gasteiger partial charge >= 0.3 is 0 Å². The molecule has 1 atom stereocenters. The molecule has 5 heteroatoms. The minimum absolute atomic E-state index is 0.0576. The number of nitrogens with one attached hydrogen (secondary N) is 2. The van der Waals surface area contributed by atoms with E-state index in [9.17, 15) is 4.79 Å². The van der Waals surface area contributed by atoms with Crippen LogP contribution in [0.3, 0.4) is 0 Å². The van der Waals surface area contributed by atoms with Gasteiger partial charge in [-0.05, 0) is 34.1 Å². The SMILES string of the molecule is COCC(C)(CCO)NCC(=O)NC(C)(C)C. The van der Waals surface area contributed by atoms with Crippen molar-refractivity contribution >= 4 is 5.91 Å². The highest BCUT2D eigenvalue weighted by atomic mass is 16.5. The molecule has 1 unspecified atom stereocenters. The maximum atomic E-state index is 11.6. The van der Waals surface area contributed by atoms with Crippen molar-refractivity contribution in [3.63, 3.8) is 0 Å². The number of aliphatic hydroxyl groups is 1. The molecule has 0 rings (SSSR count). The van der Waals surface area contributed by atoms with Gasteiger partial charge in [0.2, 0.25) is 5.91 Å². The van der Waals surface area contributed by atoms with Crippen LogP contribution >= 0.6 is 0 Å². The Hall–Kier alpha value is -0.650. The van der Waals surface area contributed by atoms with Crippen LogP contribution in [0.2, 0.25) is 0 Å². The van der Waals surface area contributed by atoms with Crippen LogP contribution in [0.15, 0.2) is 0 Å². The van der Waals surface area contributed by atoms with E-state index in [2.05, 4.69) is 10.6 Å². The highest BCUT2D eigenvalue weighted by Gasteiger charge is 2.24. The number of ether oxygens (including phenoxy) is 1. The van der Waals surface area contributed by atoms with E-state index >= 15 is 0 Å². The van der Waals surface area contributed by atoms with E-state index in [1.54, 1.807) is 7.11 Å². The maximum Gasteiger partial charge on any atom is 0.234 e. The molecule has 0 fully saturated rings. The van der Waals surface area contributed by atoms with Gasteiger partial charge in [-0.3, -0.25) is 4.79 Å². The van der Waals surface area contributed by atoms with E-state index in [1.165, 1.54) is 0 Å². The second kappa shape index (κ2) is 6.93. The van der Waals surface area contributed by atoms with Crippen molar-refractivity contribution in [1.29, 1.82) is 0 Å². The Labute approximate surface area is 104 Å². The third-order valence-corrected chi connectivity index (χ3v) is 2.32. The van der Waals surface area contributed by atoms with Gasteiger partial charge in [0.05, 0.1) is 13.2 Å². The van der Waals surface area contributed by atoms with E-state index < -0.39 is 0 Å². The Balaban J connectivity index is 4.17. The third-order valence-electron chi connectivity index (χ3n) is 2.32. The molecule has 0 heterocycles. The molecular formula is C12H26N2O3. The van der Waals surface area contributed by atoms with Gasteiger partial charge in [-0.2, -0.15) is 0 Å². The molecule has 5 nitrogen and oxygen atoms in total. The van der Waals surface area contributed by atoms with Crippen LogP contribution in [0.25, 0.3) is 0 Å². The zero-order valence-electron chi connectivity index (χ0n) is 11.6. The standard InChI is InChI=1S/C12H26N2O3/c1-11(2,3)14-10(16)8-13-12(4,6-7-15)9-17-5/h13,15H,6-9H2,1-5H3,(H,14,16). The van der Waals surface area contributed by atoms with Crippen molar-refractivity contribution in [3.05, 3.63) is 0 Å². The lowest BCUT2D eigenvalue weighted by Gasteiger charge is -2.30. The summed E-state index contributed by atoms with van der Waals surface area (Å²) in [6.07, 6.45) is 0.545. The molecule has 0 aromatic heterocycles. The summed E-state index contributed by atoms with van der Waals surface area (Å²) in [6, 6.07) is 0. The summed E-state index contributed by atoms with van der Waals surface area (Å²) in [4.78, 5) is 11.6. The molecule has 17 heavy (non-hydrogen) atoms. The smallest absolute Gasteiger partial charge is 0.234 e. The van der Waals surface area contributed by atoms with Gasteiger partial charge in [-0.1, -0.05) is 0 Å². The second-order valence-electron chi connectivity index (χ2n) is 5.62. The zero-order valence-corrected chi connectivity index (χ0v) is 11.6. The van der Waals surface area contributed by atoms with Crippen LogP contribution in [-0.4, -0.2) is 49.0 Å². The van der Waals surface area contributed by atoms with Crippen LogP contribution in [0.5, 0.6) is 0 Å². The molecule has 0 radical (unpaired) electrons. The zero-order chi connectivity index (χ0) is 13.5. The average Bonchev–Trinajstić information content (AvgIpc) is 2.13. The van der Waals surface area contributed by atoms with E-state index in [1.807, 2.05) is 27.7 Å². The molecule has 0 aromatic carbocycles. The lowest BCUT2D eigenvalue weighted by molar-refractivity contribution is -0.122. The van der Waals surface area contributed by atoms with Gasteiger partial charge in [-0.15, -0.1) is 0 Å². The number of amides is 1. The first-order valence-electron chi connectivity index (χ1n) is 5.88. The molecule has 0 saturated heterocycles. The van der Waals surface area contributed by atoms with Crippen molar-refractivity contribution in [2.45, 2.75) is 45.2 Å². The molecule has 0 aliphatic rings. The summed E-state index contributed by atoms with van der Waals surface area (Å²) in [5.74, 6) is -0.0576. The fourth-order valence-corrected chi connectivity index (χ4v) is 1.53. The van der Waals surface area contributed by atoms with Crippen molar-refractivity contribution in [1.82, 2.24) is 10.6 Å². The van der Waals surface area contributed by atoms with E-state index in [0.717, 1.165) is 0 Å². The predicted molar refractivity (Wildman–Crippen MR) is 67.9 cm³/mol. The van der Waals surface area contributed by atoms with Gasteiger partial charge < -0.3 is 20.5 Å². The van der Waals surface area contributed by atoms with Gasteiger partial charge in [0.15, 0.2) is 0 Å². The Bertz CT molecular complexity index is 230. The monoisotopic (exact) mass is 246 g/mol. The van der Waals surface area contributed by atoms with Gasteiger partial charge in [-0.25, -0.2) is 0 Å². The lowest BCUT2D eigenvalue weighted by Crippen LogP contribution is -2.53. The average molecular weight is 246 g/mol. The number of methoxy groups -OCH3 is 1. The fourth-order valence-electron chi connectivity index (χ4n) is 1.53. The number of hydrogen-bond acceptors (Lipinski definition) is 4. The van der Waals surface area contributed by atoms with Gasteiger partial charge in [0.1, 0.15) is 0 Å². The Morgan fingerprint density at radius 1 is 1.29 bits per heavy atom. The van der Waals surface area contributed by atoms with Crippen LogP contribution in [0.1, 0.15) is 34.1 Å². The normalized spacial score (nSPS) is 15.4. The number of aliphatic hydroxyl groups excluding tert-OH is 1. The van der Waals surface area contributed by atoms with Crippen LogP contribution in [0.4, 0.5) is 0 Å². The fraction of sp³-hybridized carbons (Fsp3) is 0.917. The number of rotatable bonds is 7. The summed E-state index contributed by atoms with van der Waals surface area (Å²) >= 11 is 0. The molecule has 0 spiro atoms. The Kier molecular flexibility index (Phi) is 6.67. The largest absolute Gasteiger partial charge is 0.396 e. The maximum absolute atomic E-state index is 11.6. The minimum atomic E-state index is -0.376.